The fourth-order valence-electron chi connectivity index (χ4n) is 3.17. The zero-order valence-corrected chi connectivity index (χ0v) is 14.0. The smallest absolute Gasteiger partial charge is 0.308 e. The van der Waals surface area contributed by atoms with Crippen LogP contribution in [0, 0.1) is 16.0 Å². The fourth-order valence-corrected chi connectivity index (χ4v) is 3.71. The van der Waals surface area contributed by atoms with Gasteiger partial charge >= 0.3 is 5.97 Å². The van der Waals surface area contributed by atoms with Crippen LogP contribution >= 0.6 is 11.7 Å². The van der Waals surface area contributed by atoms with Gasteiger partial charge in [0.15, 0.2) is 5.52 Å². The van der Waals surface area contributed by atoms with E-state index in [1.807, 2.05) is 0 Å². The largest absolute Gasteiger partial charge is 0.481 e. The van der Waals surface area contributed by atoms with Crippen LogP contribution in [0.1, 0.15) is 42.5 Å². The maximum Gasteiger partial charge on any atom is 0.308 e. The van der Waals surface area contributed by atoms with E-state index in [0.29, 0.717) is 12.8 Å². The van der Waals surface area contributed by atoms with Gasteiger partial charge in [0.05, 0.1) is 22.6 Å². The van der Waals surface area contributed by atoms with Crippen molar-refractivity contribution in [3.8, 4) is 0 Å². The molecule has 1 saturated carbocycles. The highest BCUT2D eigenvalue weighted by molar-refractivity contribution is 7.00. The van der Waals surface area contributed by atoms with E-state index >= 15 is 0 Å². The number of aromatic nitrogens is 2. The number of carbonyl (C=O) groups is 2. The Kier molecular flexibility index (Phi) is 4.88. The molecule has 10 heteroatoms. The number of nitro benzene ring substituents is 1. The Morgan fingerprint density at radius 2 is 2.00 bits per heavy atom. The van der Waals surface area contributed by atoms with E-state index in [4.69, 9.17) is 0 Å². The van der Waals surface area contributed by atoms with Crippen LogP contribution in [0.4, 0.5) is 5.69 Å². The molecule has 1 aromatic carbocycles. The molecule has 25 heavy (non-hydrogen) atoms. The van der Waals surface area contributed by atoms with Crippen LogP contribution in [0.5, 0.6) is 0 Å². The van der Waals surface area contributed by atoms with Gasteiger partial charge in [0.1, 0.15) is 5.52 Å². The number of nitrogens with one attached hydrogen (secondary N) is 1. The second kappa shape index (κ2) is 7.09. The number of aliphatic carboxylic acids is 1. The van der Waals surface area contributed by atoms with Crippen LogP contribution in [-0.2, 0) is 4.79 Å². The Morgan fingerprint density at radius 1 is 1.24 bits per heavy atom. The first-order chi connectivity index (χ1) is 12.0. The predicted octanol–water partition coefficient (Wildman–Crippen LogP) is 2.36. The first kappa shape index (κ1) is 17.2. The summed E-state index contributed by atoms with van der Waals surface area (Å²) in [6, 6.07) is 2.11. The summed E-state index contributed by atoms with van der Waals surface area (Å²) in [6.07, 6.45) is 3.66. The first-order valence-corrected chi connectivity index (χ1v) is 8.65. The van der Waals surface area contributed by atoms with Gasteiger partial charge < -0.3 is 10.4 Å². The summed E-state index contributed by atoms with van der Waals surface area (Å²) in [5.41, 5.74) is 0.219. The van der Waals surface area contributed by atoms with Crippen molar-refractivity contribution in [2.75, 3.05) is 0 Å². The Bertz CT molecular complexity index is 836. The normalized spacial score (nSPS) is 20.8. The maximum absolute atomic E-state index is 12.6. The molecule has 0 radical (unpaired) electrons. The van der Waals surface area contributed by atoms with Gasteiger partial charge in [-0.15, -0.1) is 0 Å². The standard InChI is InChI=1S/C15H16N4O5S/c20-14(16-10-5-3-1-2-4-9(10)15(21)22)8-6-11-13(18-25-17-11)12(7-8)19(23)24/h6-7,9-10H,1-5H2,(H,16,20)(H,21,22)/t9-,10+/m1/s1. The molecule has 3 rings (SSSR count). The molecule has 2 aromatic rings. The van der Waals surface area contributed by atoms with Gasteiger partial charge in [0.2, 0.25) is 0 Å². The summed E-state index contributed by atoms with van der Waals surface area (Å²) in [6.45, 7) is 0. The number of rotatable bonds is 4. The van der Waals surface area contributed by atoms with Crippen molar-refractivity contribution in [3.05, 3.63) is 27.8 Å². The maximum atomic E-state index is 12.6. The minimum atomic E-state index is -0.933. The number of amides is 1. The van der Waals surface area contributed by atoms with E-state index < -0.39 is 28.8 Å². The summed E-state index contributed by atoms with van der Waals surface area (Å²) in [5, 5.41) is 23.3. The summed E-state index contributed by atoms with van der Waals surface area (Å²) < 4.78 is 7.84. The average Bonchev–Trinajstić information content (AvgIpc) is 2.92. The van der Waals surface area contributed by atoms with Crippen molar-refractivity contribution in [1.29, 1.82) is 0 Å². The molecular weight excluding hydrogens is 348 g/mol. The van der Waals surface area contributed by atoms with Gasteiger partial charge in [-0.1, -0.05) is 19.3 Å². The SMILES string of the molecule is O=C(N[C@H]1CCCCC[C@H]1C(=O)O)c1cc([N+](=O)[O-])c2nsnc2c1. The minimum Gasteiger partial charge on any atom is -0.481 e. The van der Waals surface area contributed by atoms with Gasteiger partial charge in [-0.25, -0.2) is 0 Å². The highest BCUT2D eigenvalue weighted by Crippen LogP contribution is 2.27. The van der Waals surface area contributed by atoms with Crippen LogP contribution in [0.2, 0.25) is 0 Å². The molecular formula is C15H16N4O5S. The molecule has 0 unspecified atom stereocenters. The Morgan fingerprint density at radius 3 is 2.72 bits per heavy atom. The number of carbonyl (C=O) groups excluding carboxylic acids is 1. The molecule has 1 fully saturated rings. The summed E-state index contributed by atoms with van der Waals surface area (Å²) in [7, 11) is 0. The average molecular weight is 364 g/mol. The van der Waals surface area contributed by atoms with Crippen molar-refractivity contribution in [3.63, 3.8) is 0 Å². The molecule has 1 aromatic heterocycles. The Balaban J connectivity index is 1.88. The molecule has 0 aliphatic heterocycles. The molecule has 0 bridgehead atoms. The van der Waals surface area contributed by atoms with Crippen molar-refractivity contribution in [2.45, 2.75) is 38.1 Å². The second-order valence-electron chi connectivity index (χ2n) is 6.05. The van der Waals surface area contributed by atoms with Crippen molar-refractivity contribution >= 4 is 40.3 Å². The highest BCUT2D eigenvalue weighted by atomic mass is 32.1. The monoisotopic (exact) mass is 364 g/mol. The van der Waals surface area contributed by atoms with E-state index in [-0.39, 0.29) is 22.3 Å². The molecule has 0 saturated heterocycles. The number of carboxylic acid groups (broad SMARTS) is 1. The van der Waals surface area contributed by atoms with Gasteiger partial charge in [-0.2, -0.15) is 8.75 Å². The molecule has 0 spiro atoms. The topological polar surface area (TPSA) is 135 Å². The van der Waals surface area contributed by atoms with Crippen molar-refractivity contribution in [2.24, 2.45) is 5.92 Å². The van der Waals surface area contributed by atoms with E-state index in [9.17, 15) is 24.8 Å². The van der Waals surface area contributed by atoms with Crippen LogP contribution < -0.4 is 5.32 Å². The minimum absolute atomic E-state index is 0.0836. The number of non-ortho nitro benzene ring substituents is 1. The number of hydrogen-bond acceptors (Lipinski definition) is 7. The molecule has 1 aliphatic rings. The highest BCUT2D eigenvalue weighted by Gasteiger charge is 2.31. The molecule has 1 aliphatic carbocycles. The van der Waals surface area contributed by atoms with Gasteiger partial charge in [-0.05, 0) is 18.9 Å². The lowest BCUT2D eigenvalue weighted by atomic mass is 9.94. The number of hydrogen-bond donors (Lipinski definition) is 2. The molecule has 2 atom stereocenters. The van der Waals surface area contributed by atoms with Crippen molar-refractivity contribution in [1.82, 2.24) is 14.1 Å². The van der Waals surface area contributed by atoms with E-state index in [1.54, 1.807) is 0 Å². The number of fused-ring (bicyclic) bond motifs is 1. The molecule has 2 N–H and O–H groups in total. The van der Waals surface area contributed by atoms with E-state index in [2.05, 4.69) is 14.1 Å². The van der Waals surface area contributed by atoms with Crippen LogP contribution in [0.15, 0.2) is 12.1 Å². The quantitative estimate of drug-likeness (QED) is 0.483. The number of benzene rings is 1. The third-order valence-electron chi connectivity index (χ3n) is 4.45. The lowest BCUT2D eigenvalue weighted by Crippen LogP contribution is -2.42. The molecule has 132 valence electrons. The van der Waals surface area contributed by atoms with Crippen molar-refractivity contribution < 1.29 is 19.6 Å². The first-order valence-electron chi connectivity index (χ1n) is 7.91. The number of nitro groups is 1. The van der Waals surface area contributed by atoms with E-state index in [1.165, 1.54) is 6.07 Å². The van der Waals surface area contributed by atoms with Crippen LogP contribution in [-0.4, -0.2) is 36.7 Å². The Hall–Kier alpha value is -2.62. The Labute approximate surface area is 146 Å². The lowest BCUT2D eigenvalue weighted by Gasteiger charge is -2.22. The lowest BCUT2D eigenvalue weighted by molar-refractivity contribution is -0.383. The number of nitrogens with zero attached hydrogens (tertiary/aromatic N) is 3. The second-order valence-corrected chi connectivity index (χ2v) is 6.58. The van der Waals surface area contributed by atoms with Gasteiger partial charge in [-0.3, -0.25) is 19.7 Å². The van der Waals surface area contributed by atoms with Crippen LogP contribution in [0.25, 0.3) is 11.0 Å². The summed E-state index contributed by atoms with van der Waals surface area (Å²) >= 11 is 0.834. The molecule has 1 heterocycles. The summed E-state index contributed by atoms with van der Waals surface area (Å²) in [4.78, 5) is 34.6. The zero-order chi connectivity index (χ0) is 18.0. The van der Waals surface area contributed by atoms with E-state index in [0.717, 1.165) is 37.1 Å². The third-order valence-corrected chi connectivity index (χ3v) is 4.99. The van der Waals surface area contributed by atoms with Gasteiger partial charge in [0, 0.05) is 17.7 Å². The summed E-state index contributed by atoms with van der Waals surface area (Å²) in [5.74, 6) is -2.11. The third kappa shape index (κ3) is 3.58. The zero-order valence-electron chi connectivity index (χ0n) is 13.2. The number of carboxylic acids is 1. The predicted molar refractivity (Wildman–Crippen MR) is 89.5 cm³/mol. The van der Waals surface area contributed by atoms with Crippen LogP contribution in [0.3, 0.4) is 0 Å². The molecule has 9 nitrogen and oxygen atoms in total. The van der Waals surface area contributed by atoms with Gasteiger partial charge in [0.25, 0.3) is 11.6 Å². The fraction of sp³-hybridized carbons (Fsp3) is 0.467. The molecule has 1 amide bonds.